The molecule has 0 radical (unpaired) electrons. The van der Waals surface area contributed by atoms with Crippen LogP contribution in [0.15, 0.2) is 17.0 Å². The molecule has 0 saturated heterocycles. The van der Waals surface area contributed by atoms with Crippen molar-refractivity contribution in [1.82, 2.24) is 4.98 Å². The summed E-state index contributed by atoms with van der Waals surface area (Å²) in [5.74, 6) is 0.600. The van der Waals surface area contributed by atoms with E-state index in [0.717, 1.165) is 12.8 Å². The first-order chi connectivity index (χ1) is 4.31. The van der Waals surface area contributed by atoms with Crippen LogP contribution in [-0.2, 0) is 5.60 Å². The number of hydrogen-bond acceptors (Lipinski definition) is 3. The minimum atomic E-state index is -0.656. The smallest absolute Gasteiger partial charge is 0.181 e. The highest BCUT2D eigenvalue weighted by molar-refractivity contribution is 5.12. The Hall–Kier alpha value is -0.830. The highest BCUT2D eigenvalue weighted by Gasteiger charge is 2.45. The van der Waals surface area contributed by atoms with E-state index >= 15 is 0 Å². The van der Waals surface area contributed by atoms with Gasteiger partial charge < -0.3 is 9.52 Å². The van der Waals surface area contributed by atoms with Gasteiger partial charge in [-0.2, -0.15) is 0 Å². The average molecular weight is 125 g/mol. The van der Waals surface area contributed by atoms with E-state index in [4.69, 9.17) is 4.42 Å². The second-order valence-corrected chi connectivity index (χ2v) is 2.40. The molecule has 0 amide bonds. The van der Waals surface area contributed by atoms with Crippen LogP contribution in [0, 0.1) is 0 Å². The summed E-state index contributed by atoms with van der Waals surface area (Å²) < 4.78 is 4.90. The third-order valence-corrected chi connectivity index (χ3v) is 1.61. The number of rotatable bonds is 1. The maximum atomic E-state index is 9.36. The Morgan fingerprint density at radius 3 is 2.89 bits per heavy atom. The number of aliphatic hydroxyl groups is 1. The Morgan fingerprint density at radius 2 is 2.44 bits per heavy atom. The molecule has 9 heavy (non-hydrogen) atoms. The summed E-state index contributed by atoms with van der Waals surface area (Å²) in [7, 11) is 0. The van der Waals surface area contributed by atoms with Crippen LogP contribution in [0.5, 0.6) is 0 Å². The Balaban J connectivity index is 2.34. The van der Waals surface area contributed by atoms with Crippen molar-refractivity contribution < 1.29 is 9.52 Å². The minimum absolute atomic E-state index is 0.600. The number of nitrogens with zero attached hydrogens (tertiary/aromatic N) is 1. The predicted molar refractivity (Wildman–Crippen MR) is 29.6 cm³/mol. The summed E-state index contributed by atoms with van der Waals surface area (Å²) in [6, 6.07) is 0. The fourth-order valence-electron chi connectivity index (χ4n) is 0.810. The van der Waals surface area contributed by atoms with Gasteiger partial charge in [0.15, 0.2) is 12.2 Å². The zero-order valence-corrected chi connectivity index (χ0v) is 4.87. The van der Waals surface area contributed by atoms with Crippen LogP contribution in [0.4, 0.5) is 0 Å². The molecular weight excluding hydrogens is 118 g/mol. The normalized spacial score (nSPS) is 21.9. The first-order valence-electron chi connectivity index (χ1n) is 2.93. The van der Waals surface area contributed by atoms with E-state index in [1.54, 1.807) is 6.20 Å². The third-order valence-electron chi connectivity index (χ3n) is 1.61. The van der Waals surface area contributed by atoms with Crippen LogP contribution in [-0.4, -0.2) is 10.1 Å². The summed E-state index contributed by atoms with van der Waals surface area (Å²) in [6.07, 6.45) is 4.52. The molecule has 0 atom stereocenters. The Labute approximate surface area is 52.3 Å². The number of aromatic nitrogens is 1. The summed E-state index contributed by atoms with van der Waals surface area (Å²) >= 11 is 0. The quantitative estimate of drug-likeness (QED) is 0.599. The van der Waals surface area contributed by atoms with Gasteiger partial charge in [0.2, 0.25) is 0 Å². The lowest BCUT2D eigenvalue weighted by Gasteiger charge is -1.98. The fourth-order valence-corrected chi connectivity index (χ4v) is 0.810. The maximum absolute atomic E-state index is 9.36. The average Bonchev–Trinajstić information content (AvgIpc) is 2.46. The van der Waals surface area contributed by atoms with Gasteiger partial charge in [0.25, 0.3) is 0 Å². The molecule has 0 aliphatic heterocycles. The van der Waals surface area contributed by atoms with E-state index < -0.39 is 5.60 Å². The lowest BCUT2D eigenvalue weighted by Crippen LogP contribution is -2.00. The van der Waals surface area contributed by atoms with Crippen LogP contribution in [0.1, 0.15) is 18.6 Å². The molecule has 0 spiro atoms. The van der Waals surface area contributed by atoms with Gasteiger partial charge in [0.05, 0.1) is 6.20 Å². The van der Waals surface area contributed by atoms with Crippen molar-refractivity contribution >= 4 is 0 Å². The molecule has 1 aliphatic rings. The molecule has 48 valence electrons. The molecule has 2 rings (SSSR count). The van der Waals surface area contributed by atoms with Gasteiger partial charge in [-0.05, 0) is 12.8 Å². The van der Waals surface area contributed by atoms with E-state index in [0.29, 0.717) is 5.76 Å². The summed E-state index contributed by atoms with van der Waals surface area (Å²) in [6.45, 7) is 0. The first kappa shape index (κ1) is 4.99. The second-order valence-electron chi connectivity index (χ2n) is 2.40. The molecule has 3 heteroatoms. The van der Waals surface area contributed by atoms with Crippen LogP contribution in [0.25, 0.3) is 0 Å². The summed E-state index contributed by atoms with van der Waals surface area (Å²) in [5, 5.41) is 9.36. The monoisotopic (exact) mass is 125 g/mol. The van der Waals surface area contributed by atoms with Crippen LogP contribution >= 0.6 is 0 Å². The van der Waals surface area contributed by atoms with Crippen molar-refractivity contribution in [2.75, 3.05) is 0 Å². The lowest BCUT2D eigenvalue weighted by atomic mass is 10.3. The molecule has 1 aromatic heterocycles. The maximum Gasteiger partial charge on any atom is 0.181 e. The minimum Gasteiger partial charge on any atom is -0.445 e. The molecule has 1 N–H and O–H groups in total. The zero-order valence-electron chi connectivity index (χ0n) is 4.87. The highest BCUT2D eigenvalue weighted by Crippen LogP contribution is 2.44. The first-order valence-corrected chi connectivity index (χ1v) is 2.93. The topological polar surface area (TPSA) is 46.3 Å². The Morgan fingerprint density at radius 1 is 1.67 bits per heavy atom. The highest BCUT2D eigenvalue weighted by atomic mass is 16.4. The van der Waals surface area contributed by atoms with Gasteiger partial charge in [-0.15, -0.1) is 0 Å². The Kier molecular flexibility index (Phi) is 0.754. The second kappa shape index (κ2) is 1.36. The van der Waals surface area contributed by atoms with Crippen molar-refractivity contribution in [3.8, 4) is 0 Å². The van der Waals surface area contributed by atoms with Crippen molar-refractivity contribution in [2.45, 2.75) is 18.4 Å². The SMILES string of the molecule is OC1(c2cnco2)CC1. The molecule has 3 nitrogen and oxygen atoms in total. The van der Waals surface area contributed by atoms with Crippen molar-refractivity contribution in [2.24, 2.45) is 0 Å². The largest absolute Gasteiger partial charge is 0.445 e. The lowest BCUT2D eigenvalue weighted by molar-refractivity contribution is 0.123. The number of oxazole rings is 1. The van der Waals surface area contributed by atoms with E-state index in [9.17, 15) is 5.11 Å². The molecule has 0 aromatic carbocycles. The van der Waals surface area contributed by atoms with E-state index in [1.165, 1.54) is 6.39 Å². The van der Waals surface area contributed by atoms with Crippen molar-refractivity contribution in [1.29, 1.82) is 0 Å². The van der Waals surface area contributed by atoms with E-state index in [1.807, 2.05) is 0 Å². The molecule has 0 bridgehead atoms. The van der Waals surface area contributed by atoms with Gasteiger partial charge in [-0.3, -0.25) is 0 Å². The molecule has 1 heterocycles. The molecule has 1 saturated carbocycles. The van der Waals surface area contributed by atoms with Gasteiger partial charge in [0, 0.05) is 0 Å². The van der Waals surface area contributed by atoms with Gasteiger partial charge in [0.1, 0.15) is 5.60 Å². The number of hydrogen-bond donors (Lipinski definition) is 1. The van der Waals surface area contributed by atoms with E-state index in [2.05, 4.69) is 4.98 Å². The standard InChI is InChI=1S/C6H7NO2/c8-6(1-2-6)5-3-7-4-9-5/h3-4,8H,1-2H2. The molecular formula is C6H7NO2. The van der Waals surface area contributed by atoms with Crippen LogP contribution < -0.4 is 0 Å². The molecule has 0 unspecified atom stereocenters. The van der Waals surface area contributed by atoms with Gasteiger partial charge in [-0.1, -0.05) is 0 Å². The zero-order chi connectivity index (χ0) is 6.32. The third kappa shape index (κ3) is 0.650. The predicted octanol–water partition coefficient (Wildman–Crippen LogP) is 0.656. The van der Waals surface area contributed by atoms with Crippen LogP contribution in [0.3, 0.4) is 0 Å². The van der Waals surface area contributed by atoms with Gasteiger partial charge >= 0.3 is 0 Å². The summed E-state index contributed by atoms with van der Waals surface area (Å²) in [5.41, 5.74) is -0.656. The summed E-state index contributed by atoms with van der Waals surface area (Å²) in [4.78, 5) is 3.70. The fraction of sp³-hybridized carbons (Fsp3) is 0.500. The van der Waals surface area contributed by atoms with Gasteiger partial charge in [-0.25, -0.2) is 4.98 Å². The van der Waals surface area contributed by atoms with Crippen molar-refractivity contribution in [3.05, 3.63) is 18.4 Å². The van der Waals surface area contributed by atoms with E-state index in [-0.39, 0.29) is 0 Å². The molecule has 1 aromatic rings. The molecule has 1 fully saturated rings. The molecule has 1 aliphatic carbocycles. The van der Waals surface area contributed by atoms with Crippen LogP contribution in [0.2, 0.25) is 0 Å². The Bertz CT molecular complexity index is 201. The van der Waals surface area contributed by atoms with Crippen molar-refractivity contribution in [3.63, 3.8) is 0 Å².